The second kappa shape index (κ2) is 11.3. The summed E-state index contributed by atoms with van der Waals surface area (Å²) in [4.78, 5) is 38.5. The zero-order chi connectivity index (χ0) is 23.8. The van der Waals surface area contributed by atoms with Crippen molar-refractivity contribution in [3.05, 3.63) is 51.9 Å². The first kappa shape index (κ1) is 25.0. The molecule has 2 amide bonds. The number of amides is 2. The van der Waals surface area contributed by atoms with Crippen LogP contribution in [0.25, 0.3) is 0 Å². The molecule has 1 aliphatic rings. The Hall–Kier alpha value is -3.31. The zero-order valence-corrected chi connectivity index (χ0v) is 18.8. The molecule has 0 aromatic heterocycles. The third-order valence-electron chi connectivity index (χ3n) is 5.14. The lowest BCUT2D eigenvalue weighted by atomic mass is 9.91. The van der Waals surface area contributed by atoms with Crippen molar-refractivity contribution < 1.29 is 23.5 Å². The molecule has 170 valence electrons. The van der Waals surface area contributed by atoms with E-state index in [0.717, 1.165) is 6.07 Å². The predicted octanol–water partition coefficient (Wildman–Crippen LogP) is 3.56. The first-order valence-electron chi connectivity index (χ1n) is 10.5. The average molecular weight is 442 g/mol. The van der Waals surface area contributed by atoms with Gasteiger partial charge in [-0.25, -0.2) is 4.39 Å². The number of halogens is 1. The molecule has 2 N–H and O–H groups in total. The standard InChI is InChI=1S/C24H28FN3O4/c1-5-6-19(22(29)24(31)28-18-9-10-32-13-18)15(4)21(14(2)3)23(30)27-17-7-8-20(25)16(11-17)12-26/h7-8,11,18H,5-6,9-10,13H2,1-4H3,(H,27,30)(H,28,31)/b19-15+. The van der Waals surface area contributed by atoms with Crippen LogP contribution in [0, 0.1) is 17.1 Å². The highest BCUT2D eigenvalue weighted by molar-refractivity contribution is 6.43. The molecule has 8 heteroatoms. The highest BCUT2D eigenvalue weighted by atomic mass is 19.1. The van der Waals surface area contributed by atoms with Gasteiger partial charge in [0.2, 0.25) is 5.78 Å². The van der Waals surface area contributed by atoms with Gasteiger partial charge < -0.3 is 15.4 Å². The monoisotopic (exact) mass is 441 g/mol. The molecule has 32 heavy (non-hydrogen) atoms. The van der Waals surface area contributed by atoms with E-state index in [1.807, 2.05) is 6.92 Å². The maximum absolute atomic E-state index is 13.6. The number of carbonyl (C=O) groups is 3. The second-order valence-corrected chi connectivity index (χ2v) is 7.85. The van der Waals surface area contributed by atoms with Crippen LogP contribution >= 0.6 is 0 Å². The fourth-order valence-corrected chi connectivity index (χ4v) is 3.56. The summed E-state index contributed by atoms with van der Waals surface area (Å²) >= 11 is 0. The van der Waals surface area contributed by atoms with E-state index in [2.05, 4.69) is 10.6 Å². The van der Waals surface area contributed by atoms with Crippen LogP contribution in [-0.4, -0.2) is 36.9 Å². The van der Waals surface area contributed by atoms with Gasteiger partial charge in [0.1, 0.15) is 11.9 Å². The molecule has 7 nitrogen and oxygen atoms in total. The van der Waals surface area contributed by atoms with E-state index in [9.17, 15) is 18.8 Å². The van der Waals surface area contributed by atoms with Crippen LogP contribution in [0.4, 0.5) is 10.1 Å². The highest BCUT2D eigenvalue weighted by Crippen LogP contribution is 2.25. The molecule has 1 aliphatic heterocycles. The van der Waals surface area contributed by atoms with E-state index in [-0.39, 0.29) is 28.4 Å². The van der Waals surface area contributed by atoms with Gasteiger partial charge in [0.25, 0.3) is 11.8 Å². The SMILES string of the molecule is CCC/C(C(=O)C(=O)NC1CCOC1)=C(/C)C(C(=O)Nc1ccc(F)c(C#N)c1)=C(C)C. The molecule has 0 saturated carbocycles. The number of carbonyl (C=O) groups excluding carboxylic acids is 3. The van der Waals surface area contributed by atoms with Gasteiger partial charge in [0.05, 0.1) is 18.2 Å². The van der Waals surface area contributed by atoms with E-state index in [1.165, 1.54) is 12.1 Å². The van der Waals surface area contributed by atoms with Crippen LogP contribution in [-0.2, 0) is 19.1 Å². The number of nitriles is 1. The molecule has 0 bridgehead atoms. The summed E-state index contributed by atoms with van der Waals surface area (Å²) in [5.41, 5.74) is 1.65. The number of hydrogen-bond donors (Lipinski definition) is 2. The lowest BCUT2D eigenvalue weighted by molar-refractivity contribution is -0.136. The summed E-state index contributed by atoms with van der Waals surface area (Å²) in [5.74, 6) is -2.58. The van der Waals surface area contributed by atoms with Gasteiger partial charge in [-0.3, -0.25) is 14.4 Å². The van der Waals surface area contributed by atoms with Crippen LogP contribution in [0.15, 0.2) is 40.5 Å². The van der Waals surface area contributed by atoms with E-state index in [1.54, 1.807) is 26.8 Å². The molecule has 0 aliphatic carbocycles. The maximum atomic E-state index is 13.6. The summed E-state index contributed by atoms with van der Waals surface area (Å²) in [6.07, 6.45) is 1.59. The fraction of sp³-hybridized carbons (Fsp3) is 0.417. The van der Waals surface area contributed by atoms with E-state index >= 15 is 0 Å². The molecule has 1 unspecified atom stereocenters. The Kier molecular flexibility index (Phi) is 8.85. The van der Waals surface area contributed by atoms with Crippen LogP contribution in [0.2, 0.25) is 0 Å². The van der Waals surface area contributed by atoms with Crippen LogP contribution in [0.5, 0.6) is 0 Å². The lowest BCUT2D eigenvalue weighted by Crippen LogP contribution is -2.40. The molecule has 1 aromatic rings. The number of ether oxygens (including phenoxy) is 1. The molecule has 2 rings (SSSR count). The number of ketones is 1. The van der Waals surface area contributed by atoms with E-state index in [0.29, 0.717) is 43.6 Å². The Morgan fingerprint density at radius 2 is 1.94 bits per heavy atom. The molecule has 0 radical (unpaired) electrons. The fourth-order valence-electron chi connectivity index (χ4n) is 3.56. The Labute approximate surface area is 187 Å². The minimum Gasteiger partial charge on any atom is -0.379 e. The highest BCUT2D eigenvalue weighted by Gasteiger charge is 2.27. The van der Waals surface area contributed by atoms with Crippen molar-refractivity contribution in [2.75, 3.05) is 18.5 Å². The van der Waals surface area contributed by atoms with Crippen LogP contribution in [0.3, 0.4) is 0 Å². The first-order valence-corrected chi connectivity index (χ1v) is 10.5. The van der Waals surface area contributed by atoms with Gasteiger partial charge >= 0.3 is 0 Å². The van der Waals surface area contributed by atoms with Crippen molar-refractivity contribution in [1.29, 1.82) is 5.26 Å². The van der Waals surface area contributed by atoms with Crippen LogP contribution < -0.4 is 10.6 Å². The van der Waals surface area contributed by atoms with Crippen molar-refractivity contribution in [2.45, 2.75) is 53.0 Å². The van der Waals surface area contributed by atoms with E-state index < -0.39 is 23.4 Å². The molecule has 1 saturated heterocycles. The molecular weight excluding hydrogens is 413 g/mol. The predicted molar refractivity (Wildman–Crippen MR) is 118 cm³/mol. The summed E-state index contributed by atoms with van der Waals surface area (Å²) in [5, 5.41) is 14.4. The largest absolute Gasteiger partial charge is 0.379 e. The Morgan fingerprint density at radius 3 is 2.50 bits per heavy atom. The van der Waals surface area contributed by atoms with Gasteiger partial charge in [0, 0.05) is 23.4 Å². The summed E-state index contributed by atoms with van der Waals surface area (Å²) in [7, 11) is 0. The molecular formula is C24H28FN3O4. The number of nitrogens with zero attached hydrogens (tertiary/aromatic N) is 1. The minimum absolute atomic E-state index is 0.191. The normalized spacial score (nSPS) is 15.9. The Balaban J connectivity index is 2.34. The summed E-state index contributed by atoms with van der Waals surface area (Å²) in [6, 6.07) is 5.22. The quantitative estimate of drug-likeness (QED) is 0.364. The van der Waals surface area contributed by atoms with Gasteiger partial charge in [-0.1, -0.05) is 18.9 Å². The number of Topliss-reactive ketones (excluding diaryl/α,β-unsaturated/α-hetero) is 1. The number of nitrogens with one attached hydrogen (secondary N) is 2. The van der Waals surface area contributed by atoms with Crippen molar-refractivity contribution in [1.82, 2.24) is 5.32 Å². The Morgan fingerprint density at radius 1 is 1.22 bits per heavy atom. The first-order chi connectivity index (χ1) is 15.2. The topological polar surface area (TPSA) is 108 Å². The van der Waals surface area contributed by atoms with Crippen LogP contribution in [0.1, 0.15) is 52.5 Å². The second-order valence-electron chi connectivity index (χ2n) is 7.85. The third-order valence-corrected chi connectivity index (χ3v) is 5.14. The minimum atomic E-state index is -0.714. The van der Waals surface area contributed by atoms with Gasteiger partial charge in [-0.05, 0) is 57.4 Å². The average Bonchev–Trinajstić information content (AvgIpc) is 3.25. The molecule has 1 aromatic carbocycles. The smallest absolute Gasteiger partial charge is 0.292 e. The number of anilines is 1. The van der Waals surface area contributed by atoms with Crippen molar-refractivity contribution in [3.63, 3.8) is 0 Å². The summed E-state index contributed by atoms with van der Waals surface area (Å²) in [6.45, 7) is 7.89. The van der Waals surface area contributed by atoms with Gasteiger partial charge in [0.15, 0.2) is 0 Å². The maximum Gasteiger partial charge on any atom is 0.292 e. The molecule has 0 spiro atoms. The molecule has 1 heterocycles. The van der Waals surface area contributed by atoms with Crippen molar-refractivity contribution in [2.24, 2.45) is 0 Å². The number of benzene rings is 1. The number of allylic oxidation sites excluding steroid dienone is 1. The molecule has 1 atom stereocenters. The third kappa shape index (κ3) is 6.11. The van der Waals surface area contributed by atoms with Crippen molar-refractivity contribution in [3.8, 4) is 6.07 Å². The number of hydrogen-bond acceptors (Lipinski definition) is 5. The molecule has 1 fully saturated rings. The van der Waals surface area contributed by atoms with Crippen molar-refractivity contribution >= 4 is 23.3 Å². The Bertz CT molecular complexity index is 1010. The van der Waals surface area contributed by atoms with Gasteiger partial charge in [-0.15, -0.1) is 0 Å². The zero-order valence-electron chi connectivity index (χ0n) is 18.8. The lowest BCUT2D eigenvalue weighted by Gasteiger charge is -2.17. The van der Waals surface area contributed by atoms with E-state index in [4.69, 9.17) is 10.00 Å². The number of rotatable bonds is 8. The summed E-state index contributed by atoms with van der Waals surface area (Å²) < 4.78 is 18.8. The van der Waals surface area contributed by atoms with Gasteiger partial charge in [-0.2, -0.15) is 5.26 Å².